The zero-order valence-corrected chi connectivity index (χ0v) is 10.9. The summed E-state index contributed by atoms with van der Waals surface area (Å²) in [6.45, 7) is 0. The number of aromatic nitrogens is 1. The summed E-state index contributed by atoms with van der Waals surface area (Å²) >= 11 is 5.36. The summed E-state index contributed by atoms with van der Waals surface area (Å²) in [5.41, 5.74) is 1.89. The molecule has 1 aromatic carbocycles. The van der Waals surface area contributed by atoms with Gasteiger partial charge in [0, 0.05) is 6.20 Å². The van der Waals surface area contributed by atoms with Gasteiger partial charge in [0.1, 0.15) is 11.6 Å². The predicted octanol–water partition coefficient (Wildman–Crippen LogP) is 3.40. The third-order valence-corrected chi connectivity index (χ3v) is 2.57. The molecular formula is C15H12ClNO2. The second-order valence-electron chi connectivity index (χ2n) is 3.76. The summed E-state index contributed by atoms with van der Waals surface area (Å²) in [6, 6.07) is 12.9. The second-order valence-corrected chi connectivity index (χ2v) is 4.03. The minimum absolute atomic E-state index is 0.151. The number of hydrogen-bond donors (Lipinski definition) is 0. The zero-order valence-electron chi connectivity index (χ0n) is 10.1. The summed E-state index contributed by atoms with van der Waals surface area (Å²) in [7, 11) is 0. The topological polar surface area (TPSA) is 39.2 Å². The molecule has 0 unspecified atom stereocenters. The number of pyridine rings is 1. The third kappa shape index (κ3) is 4.23. The molecule has 1 aromatic heterocycles. The van der Waals surface area contributed by atoms with E-state index in [2.05, 4.69) is 4.98 Å². The standard InChI is InChI=1S/C15H12ClNO2/c16-11-15(18)19-14-8-5-12(6-9-14)4-7-13-3-1-2-10-17-13/h1-10H,11H2/b7-4+. The number of ether oxygens (including phenoxy) is 1. The van der Waals surface area contributed by atoms with Crippen molar-refractivity contribution in [1.29, 1.82) is 0 Å². The monoisotopic (exact) mass is 273 g/mol. The predicted molar refractivity (Wildman–Crippen MR) is 76.0 cm³/mol. The molecule has 3 nitrogen and oxygen atoms in total. The summed E-state index contributed by atoms with van der Waals surface area (Å²) < 4.78 is 4.97. The molecule has 0 bridgehead atoms. The van der Waals surface area contributed by atoms with E-state index in [0.717, 1.165) is 11.3 Å². The number of nitrogens with zero attached hydrogens (tertiary/aromatic N) is 1. The molecule has 1 heterocycles. The third-order valence-electron chi connectivity index (χ3n) is 2.36. The highest BCUT2D eigenvalue weighted by Gasteiger charge is 2.01. The number of hydrogen-bond acceptors (Lipinski definition) is 3. The molecule has 0 fully saturated rings. The molecule has 0 aliphatic carbocycles. The molecule has 0 aliphatic heterocycles. The SMILES string of the molecule is O=C(CCl)Oc1ccc(/C=C/c2ccccn2)cc1. The molecule has 0 N–H and O–H groups in total. The lowest BCUT2D eigenvalue weighted by Crippen LogP contribution is -2.08. The Bertz CT molecular complexity index is 564. The van der Waals surface area contributed by atoms with Crippen LogP contribution in [0, 0.1) is 0 Å². The van der Waals surface area contributed by atoms with Gasteiger partial charge in [0.25, 0.3) is 0 Å². The summed E-state index contributed by atoms with van der Waals surface area (Å²) in [6.07, 6.45) is 5.60. The van der Waals surface area contributed by atoms with Crippen molar-refractivity contribution in [1.82, 2.24) is 4.98 Å². The molecule has 0 amide bonds. The molecule has 0 atom stereocenters. The highest BCUT2D eigenvalue weighted by Crippen LogP contribution is 2.14. The lowest BCUT2D eigenvalue weighted by molar-refractivity contribution is -0.131. The van der Waals surface area contributed by atoms with Gasteiger partial charge in [-0.15, -0.1) is 11.6 Å². The molecular weight excluding hydrogens is 262 g/mol. The number of rotatable bonds is 4. The van der Waals surface area contributed by atoms with E-state index < -0.39 is 5.97 Å². The van der Waals surface area contributed by atoms with Gasteiger partial charge in [0.15, 0.2) is 0 Å². The molecule has 0 spiro atoms. The van der Waals surface area contributed by atoms with Gasteiger partial charge in [-0.25, -0.2) is 0 Å². The largest absolute Gasteiger partial charge is 0.426 e. The van der Waals surface area contributed by atoms with Crippen molar-refractivity contribution >= 4 is 29.7 Å². The van der Waals surface area contributed by atoms with E-state index in [9.17, 15) is 4.79 Å². The van der Waals surface area contributed by atoms with Crippen molar-refractivity contribution in [2.45, 2.75) is 0 Å². The van der Waals surface area contributed by atoms with Crippen LogP contribution in [0.1, 0.15) is 11.3 Å². The Morgan fingerprint density at radius 3 is 2.58 bits per heavy atom. The minimum atomic E-state index is -0.460. The van der Waals surface area contributed by atoms with Crippen LogP contribution < -0.4 is 4.74 Å². The maximum Gasteiger partial charge on any atom is 0.326 e. The highest BCUT2D eigenvalue weighted by atomic mass is 35.5. The Labute approximate surface area is 116 Å². The molecule has 0 radical (unpaired) electrons. The lowest BCUT2D eigenvalue weighted by atomic mass is 10.2. The Hall–Kier alpha value is -2.13. The fraction of sp³-hybridized carbons (Fsp3) is 0.0667. The van der Waals surface area contributed by atoms with Crippen molar-refractivity contribution in [3.63, 3.8) is 0 Å². The van der Waals surface area contributed by atoms with Crippen LogP contribution in [0.2, 0.25) is 0 Å². The van der Waals surface area contributed by atoms with Crippen LogP contribution >= 0.6 is 11.6 Å². The van der Waals surface area contributed by atoms with Crippen LogP contribution in [0.15, 0.2) is 48.7 Å². The quantitative estimate of drug-likeness (QED) is 0.487. The van der Waals surface area contributed by atoms with E-state index in [1.807, 2.05) is 42.5 Å². The minimum Gasteiger partial charge on any atom is -0.426 e. The van der Waals surface area contributed by atoms with Gasteiger partial charge in [0.2, 0.25) is 0 Å². The normalized spacial score (nSPS) is 10.6. The first-order valence-electron chi connectivity index (χ1n) is 5.74. The van der Waals surface area contributed by atoms with E-state index in [-0.39, 0.29) is 5.88 Å². The average molecular weight is 274 g/mol. The van der Waals surface area contributed by atoms with Gasteiger partial charge in [-0.3, -0.25) is 9.78 Å². The number of alkyl halides is 1. The van der Waals surface area contributed by atoms with Crippen LogP contribution in [0.4, 0.5) is 0 Å². The van der Waals surface area contributed by atoms with E-state index in [0.29, 0.717) is 5.75 Å². The van der Waals surface area contributed by atoms with E-state index in [4.69, 9.17) is 16.3 Å². The van der Waals surface area contributed by atoms with Gasteiger partial charge in [-0.2, -0.15) is 0 Å². The number of benzene rings is 1. The Morgan fingerprint density at radius 1 is 1.16 bits per heavy atom. The number of esters is 1. The molecule has 2 aromatic rings. The van der Waals surface area contributed by atoms with Crippen molar-refractivity contribution < 1.29 is 9.53 Å². The highest BCUT2D eigenvalue weighted by molar-refractivity contribution is 6.26. The molecule has 4 heteroatoms. The molecule has 2 rings (SSSR count). The molecule has 0 saturated carbocycles. The summed E-state index contributed by atoms with van der Waals surface area (Å²) in [5.74, 6) is -0.125. The molecule has 0 saturated heterocycles. The van der Waals surface area contributed by atoms with Crippen molar-refractivity contribution in [3.05, 3.63) is 59.9 Å². The first-order valence-corrected chi connectivity index (χ1v) is 6.27. The maximum absolute atomic E-state index is 11.0. The van der Waals surface area contributed by atoms with Crippen LogP contribution in [0.25, 0.3) is 12.2 Å². The van der Waals surface area contributed by atoms with Gasteiger partial charge in [-0.1, -0.05) is 24.3 Å². The average Bonchev–Trinajstić information content (AvgIpc) is 2.47. The first-order chi connectivity index (χ1) is 9.28. The molecule has 96 valence electrons. The van der Waals surface area contributed by atoms with Crippen LogP contribution in [0.3, 0.4) is 0 Å². The van der Waals surface area contributed by atoms with Crippen LogP contribution in [0.5, 0.6) is 5.75 Å². The second kappa shape index (κ2) is 6.71. The maximum atomic E-state index is 11.0. The van der Waals surface area contributed by atoms with Crippen LogP contribution in [-0.2, 0) is 4.79 Å². The van der Waals surface area contributed by atoms with Gasteiger partial charge >= 0.3 is 5.97 Å². The number of carbonyl (C=O) groups excluding carboxylic acids is 1. The Balaban J connectivity index is 2.03. The van der Waals surface area contributed by atoms with E-state index in [1.165, 1.54) is 0 Å². The zero-order chi connectivity index (χ0) is 13.5. The Kier molecular flexibility index (Phi) is 4.70. The van der Waals surface area contributed by atoms with E-state index >= 15 is 0 Å². The first kappa shape index (κ1) is 13.3. The number of carbonyl (C=O) groups is 1. The lowest BCUT2D eigenvalue weighted by Gasteiger charge is -2.01. The smallest absolute Gasteiger partial charge is 0.326 e. The van der Waals surface area contributed by atoms with Gasteiger partial charge in [-0.05, 0) is 35.9 Å². The van der Waals surface area contributed by atoms with Crippen molar-refractivity contribution in [3.8, 4) is 5.75 Å². The molecule has 19 heavy (non-hydrogen) atoms. The molecule has 0 aliphatic rings. The fourth-order valence-corrected chi connectivity index (χ4v) is 1.52. The Morgan fingerprint density at radius 2 is 1.95 bits per heavy atom. The van der Waals surface area contributed by atoms with Crippen molar-refractivity contribution in [2.24, 2.45) is 0 Å². The summed E-state index contributed by atoms with van der Waals surface area (Å²) in [5, 5.41) is 0. The van der Waals surface area contributed by atoms with Gasteiger partial charge in [0.05, 0.1) is 5.69 Å². The summed E-state index contributed by atoms with van der Waals surface area (Å²) in [4.78, 5) is 15.2. The van der Waals surface area contributed by atoms with E-state index in [1.54, 1.807) is 18.3 Å². The van der Waals surface area contributed by atoms with Crippen LogP contribution in [-0.4, -0.2) is 16.8 Å². The fourth-order valence-electron chi connectivity index (χ4n) is 1.46. The number of halogens is 1. The van der Waals surface area contributed by atoms with Crippen molar-refractivity contribution in [2.75, 3.05) is 5.88 Å². The van der Waals surface area contributed by atoms with Gasteiger partial charge < -0.3 is 4.74 Å².